The van der Waals surface area contributed by atoms with Crippen molar-refractivity contribution in [2.24, 2.45) is 11.1 Å². The van der Waals surface area contributed by atoms with E-state index in [1.165, 1.54) is 18.3 Å². The summed E-state index contributed by atoms with van der Waals surface area (Å²) >= 11 is 1.33. The lowest BCUT2D eigenvalue weighted by atomic mass is 10.1. The number of Topliss-reactive ketones (excluding diaryl/α,β-unsaturated/α-hetero) is 1. The molecule has 1 aromatic heterocycles. The molecule has 0 bridgehead atoms. The first-order valence-electron chi connectivity index (χ1n) is 6.61. The van der Waals surface area contributed by atoms with Crippen molar-refractivity contribution in [1.82, 2.24) is 4.90 Å². The van der Waals surface area contributed by atoms with Gasteiger partial charge in [-0.3, -0.25) is 9.59 Å². The van der Waals surface area contributed by atoms with Gasteiger partial charge in [0.2, 0.25) is 15.9 Å². The van der Waals surface area contributed by atoms with E-state index < -0.39 is 10.0 Å². The molecule has 2 N–H and O–H groups in total. The fraction of sp³-hybridized carbons (Fsp3) is 0.538. The van der Waals surface area contributed by atoms with E-state index in [-0.39, 0.29) is 29.8 Å². The second-order valence-corrected chi connectivity index (χ2v) is 7.95. The van der Waals surface area contributed by atoms with Crippen LogP contribution < -0.4 is 5.14 Å². The monoisotopic (exact) mass is 330 g/mol. The number of primary sulfonamides is 1. The number of ketones is 1. The zero-order chi connectivity index (χ0) is 15.6. The van der Waals surface area contributed by atoms with Crippen molar-refractivity contribution >= 4 is 33.1 Å². The SMILES string of the molecule is CC(=O)c1cc(CC(=O)N2CCC(CS(N)(=O)=O)C2)cs1. The van der Waals surface area contributed by atoms with Crippen LogP contribution in [0.4, 0.5) is 0 Å². The van der Waals surface area contributed by atoms with E-state index in [1.807, 2.05) is 5.38 Å². The number of sulfonamides is 1. The van der Waals surface area contributed by atoms with Crippen LogP contribution in [0, 0.1) is 5.92 Å². The summed E-state index contributed by atoms with van der Waals surface area (Å²) in [6, 6.07) is 1.74. The Balaban J connectivity index is 1.91. The number of likely N-dealkylation sites (tertiary alicyclic amines) is 1. The third-order valence-electron chi connectivity index (χ3n) is 3.46. The van der Waals surface area contributed by atoms with Gasteiger partial charge in [-0.05, 0) is 36.3 Å². The van der Waals surface area contributed by atoms with Crippen LogP contribution in [0.3, 0.4) is 0 Å². The molecule has 8 heteroatoms. The van der Waals surface area contributed by atoms with Crippen LogP contribution in [0.2, 0.25) is 0 Å². The molecule has 0 radical (unpaired) electrons. The Kier molecular flexibility index (Phi) is 4.80. The first-order valence-corrected chi connectivity index (χ1v) is 9.20. The van der Waals surface area contributed by atoms with Gasteiger partial charge in [0, 0.05) is 13.1 Å². The molecule has 0 spiro atoms. The first kappa shape index (κ1) is 16.1. The lowest BCUT2D eigenvalue weighted by Gasteiger charge is -2.16. The largest absolute Gasteiger partial charge is 0.342 e. The molecule has 1 fully saturated rings. The maximum Gasteiger partial charge on any atom is 0.227 e. The molecule has 1 atom stereocenters. The number of carbonyl (C=O) groups is 2. The number of hydrogen-bond donors (Lipinski definition) is 1. The number of carbonyl (C=O) groups excluding carboxylic acids is 2. The fourth-order valence-corrected chi connectivity index (χ4v) is 4.21. The van der Waals surface area contributed by atoms with Crippen molar-refractivity contribution < 1.29 is 18.0 Å². The number of amides is 1. The summed E-state index contributed by atoms with van der Waals surface area (Å²) in [6.07, 6.45) is 0.899. The second kappa shape index (κ2) is 6.25. The van der Waals surface area contributed by atoms with Crippen molar-refractivity contribution in [1.29, 1.82) is 0 Å². The minimum absolute atomic E-state index is 0.00640. The maximum atomic E-state index is 12.2. The van der Waals surface area contributed by atoms with Crippen molar-refractivity contribution in [2.45, 2.75) is 19.8 Å². The molecule has 1 unspecified atom stereocenters. The van der Waals surface area contributed by atoms with Crippen LogP contribution in [-0.4, -0.2) is 43.9 Å². The van der Waals surface area contributed by atoms with Crippen LogP contribution in [0.25, 0.3) is 0 Å². The van der Waals surface area contributed by atoms with Gasteiger partial charge < -0.3 is 4.90 Å². The molecular weight excluding hydrogens is 312 g/mol. The summed E-state index contributed by atoms with van der Waals surface area (Å²) < 4.78 is 22.1. The van der Waals surface area contributed by atoms with Gasteiger partial charge >= 0.3 is 0 Å². The van der Waals surface area contributed by atoms with Crippen LogP contribution in [0.15, 0.2) is 11.4 Å². The summed E-state index contributed by atoms with van der Waals surface area (Å²) in [5, 5.41) is 6.84. The van der Waals surface area contributed by atoms with Crippen LogP contribution in [0.5, 0.6) is 0 Å². The molecule has 1 amide bonds. The van der Waals surface area contributed by atoms with E-state index in [4.69, 9.17) is 5.14 Å². The van der Waals surface area contributed by atoms with Crippen molar-refractivity contribution in [3.05, 3.63) is 21.9 Å². The normalized spacial score (nSPS) is 19.0. The highest BCUT2D eigenvalue weighted by Gasteiger charge is 2.28. The number of nitrogens with zero attached hydrogens (tertiary/aromatic N) is 1. The lowest BCUT2D eigenvalue weighted by molar-refractivity contribution is -0.129. The molecule has 1 aliphatic rings. The standard InChI is InChI=1S/C13H18N2O4S2/c1-9(16)12-4-11(7-20-12)5-13(17)15-3-2-10(6-15)8-21(14,18)19/h4,7,10H,2-3,5-6,8H2,1H3,(H2,14,18,19). The van der Waals surface area contributed by atoms with E-state index in [9.17, 15) is 18.0 Å². The topological polar surface area (TPSA) is 97.5 Å². The Labute approximate surface area is 128 Å². The summed E-state index contributed by atoms with van der Waals surface area (Å²) in [5.74, 6) is -0.212. The zero-order valence-corrected chi connectivity index (χ0v) is 13.4. The molecule has 116 valence electrons. The molecule has 21 heavy (non-hydrogen) atoms. The number of rotatable bonds is 5. The van der Waals surface area contributed by atoms with Crippen molar-refractivity contribution in [3.8, 4) is 0 Å². The Morgan fingerprint density at radius 2 is 2.19 bits per heavy atom. The molecule has 0 saturated carbocycles. The summed E-state index contributed by atoms with van der Waals surface area (Å²) in [6.45, 7) is 2.48. The predicted molar refractivity (Wildman–Crippen MR) is 80.7 cm³/mol. The van der Waals surface area contributed by atoms with E-state index >= 15 is 0 Å². The zero-order valence-electron chi connectivity index (χ0n) is 11.7. The van der Waals surface area contributed by atoms with Gasteiger partial charge in [0.15, 0.2) is 5.78 Å². The Morgan fingerprint density at radius 1 is 1.48 bits per heavy atom. The maximum absolute atomic E-state index is 12.2. The highest BCUT2D eigenvalue weighted by Crippen LogP contribution is 2.20. The van der Waals surface area contributed by atoms with E-state index in [0.717, 1.165) is 5.56 Å². The molecule has 0 aromatic carbocycles. The van der Waals surface area contributed by atoms with Gasteiger partial charge in [0.1, 0.15) is 0 Å². The minimum atomic E-state index is -3.50. The molecule has 2 heterocycles. The fourth-order valence-electron chi connectivity index (χ4n) is 2.46. The van der Waals surface area contributed by atoms with Gasteiger partial charge in [-0.2, -0.15) is 0 Å². The van der Waals surface area contributed by atoms with Crippen molar-refractivity contribution in [2.75, 3.05) is 18.8 Å². The molecule has 1 aliphatic heterocycles. The summed E-state index contributed by atoms with van der Waals surface area (Å²) in [5.41, 5.74) is 0.824. The number of thiophene rings is 1. The van der Waals surface area contributed by atoms with Crippen LogP contribution in [0.1, 0.15) is 28.6 Å². The summed E-state index contributed by atoms with van der Waals surface area (Å²) in [7, 11) is -3.50. The van der Waals surface area contributed by atoms with Crippen LogP contribution >= 0.6 is 11.3 Å². The quantitative estimate of drug-likeness (QED) is 0.801. The molecule has 0 aliphatic carbocycles. The third kappa shape index (κ3) is 4.62. The second-order valence-electron chi connectivity index (χ2n) is 5.38. The average molecular weight is 330 g/mol. The number of hydrogen-bond acceptors (Lipinski definition) is 5. The first-order chi connectivity index (χ1) is 9.74. The summed E-state index contributed by atoms with van der Waals surface area (Å²) in [4.78, 5) is 25.7. The Hall–Kier alpha value is -1.25. The van der Waals surface area contributed by atoms with E-state index in [1.54, 1.807) is 11.0 Å². The van der Waals surface area contributed by atoms with Gasteiger partial charge in [-0.15, -0.1) is 11.3 Å². The molecule has 6 nitrogen and oxygen atoms in total. The molecular formula is C13H18N2O4S2. The van der Waals surface area contributed by atoms with Crippen molar-refractivity contribution in [3.63, 3.8) is 0 Å². The van der Waals surface area contributed by atoms with Gasteiger partial charge in [-0.25, -0.2) is 13.6 Å². The van der Waals surface area contributed by atoms with Crippen LogP contribution in [-0.2, 0) is 21.2 Å². The lowest BCUT2D eigenvalue weighted by Crippen LogP contribution is -2.31. The molecule has 1 aromatic rings. The predicted octanol–water partition coefficient (Wildman–Crippen LogP) is 0.630. The van der Waals surface area contributed by atoms with E-state index in [2.05, 4.69) is 0 Å². The highest BCUT2D eigenvalue weighted by atomic mass is 32.2. The molecule has 1 saturated heterocycles. The Bertz CT molecular complexity index is 651. The number of nitrogens with two attached hydrogens (primary N) is 1. The van der Waals surface area contributed by atoms with Gasteiger partial charge in [-0.1, -0.05) is 0 Å². The average Bonchev–Trinajstić information content (AvgIpc) is 2.96. The highest BCUT2D eigenvalue weighted by molar-refractivity contribution is 7.89. The smallest absolute Gasteiger partial charge is 0.227 e. The Morgan fingerprint density at radius 3 is 2.76 bits per heavy atom. The van der Waals surface area contributed by atoms with E-state index in [0.29, 0.717) is 24.4 Å². The third-order valence-corrected chi connectivity index (χ3v) is 5.48. The molecule has 2 rings (SSSR count). The van der Waals surface area contributed by atoms with Gasteiger partial charge in [0.05, 0.1) is 17.1 Å². The minimum Gasteiger partial charge on any atom is -0.342 e. The van der Waals surface area contributed by atoms with Gasteiger partial charge in [0.25, 0.3) is 0 Å².